The van der Waals surface area contributed by atoms with Gasteiger partial charge in [-0.25, -0.2) is 13.1 Å². The second-order valence-electron chi connectivity index (χ2n) is 4.93. The lowest BCUT2D eigenvalue weighted by Gasteiger charge is -2.06. The van der Waals surface area contributed by atoms with Crippen LogP contribution in [-0.4, -0.2) is 24.5 Å². The van der Waals surface area contributed by atoms with E-state index in [9.17, 15) is 8.42 Å². The van der Waals surface area contributed by atoms with Crippen LogP contribution in [0.3, 0.4) is 0 Å². The molecule has 0 aliphatic carbocycles. The van der Waals surface area contributed by atoms with E-state index >= 15 is 0 Å². The number of sulfone groups is 1. The molecule has 8 heteroatoms. The van der Waals surface area contributed by atoms with Crippen molar-refractivity contribution in [3.8, 4) is 5.69 Å². The third-order valence-corrected chi connectivity index (χ3v) is 6.32. The summed E-state index contributed by atoms with van der Waals surface area (Å²) < 4.78 is 27.4. The molecule has 0 saturated carbocycles. The van der Waals surface area contributed by atoms with E-state index in [4.69, 9.17) is 17.3 Å². The minimum absolute atomic E-state index is 0.0150. The van der Waals surface area contributed by atoms with Gasteiger partial charge in [0.1, 0.15) is 15.7 Å². The highest BCUT2D eigenvalue weighted by molar-refractivity contribution is 7.99. The van der Waals surface area contributed by atoms with Crippen LogP contribution in [0.15, 0.2) is 69.4 Å². The van der Waals surface area contributed by atoms with E-state index in [1.165, 1.54) is 40.7 Å². The molecule has 2 aromatic carbocycles. The molecule has 24 heavy (non-hydrogen) atoms. The summed E-state index contributed by atoms with van der Waals surface area (Å²) in [6.45, 7) is 0. The smallest absolute Gasteiger partial charge is 0.212 e. The van der Waals surface area contributed by atoms with Gasteiger partial charge in [0.05, 0.1) is 10.6 Å². The van der Waals surface area contributed by atoms with Gasteiger partial charge in [-0.1, -0.05) is 29.8 Å². The van der Waals surface area contributed by atoms with E-state index < -0.39 is 9.84 Å². The maximum absolute atomic E-state index is 13.0. The third kappa shape index (κ3) is 2.90. The number of halogens is 1. The molecule has 0 saturated heterocycles. The summed E-state index contributed by atoms with van der Waals surface area (Å²) in [4.78, 5) is 0.141. The van der Waals surface area contributed by atoms with Gasteiger partial charge < -0.3 is 5.73 Å². The van der Waals surface area contributed by atoms with Crippen LogP contribution in [0.1, 0.15) is 0 Å². The summed E-state index contributed by atoms with van der Waals surface area (Å²) in [6, 6.07) is 15.1. The summed E-state index contributed by atoms with van der Waals surface area (Å²) in [5, 5.41) is 5.18. The summed E-state index contributed by atoms with van der Waals surface area (Å²) >= 11 is 7.07. The first-order valence-corrected chi connectivity index (χ1v) is 10.0. The van der Waals surface area contributed by atoms with Gasteiger partial charge in [0.2, 0.25) is 9.84 Å². The minimum atomic E-state index is -3.80. The van der Waals surface area contributed by atoms with E-state index in [0.717, 1.165) is 0 Å². The van der Waals surface area contributed by atoms with Crippen molar-refractivity contribution in [2.75, 3.05) is 12.0 Å². The van der Waals surface area contributed by atoms with E-state index in [-0.39, 0.29) is 15.6 Å². The monoisotopic (exact) mass is 379 g/mol. The fraction of sp³-hybridized carbons (Fsp3) is 0.0625. The van der Waals surface area contributed by atoms with Crippen molar-refractivity contribution in [1.82, 2.24) is 9.78 Å². The summed E-state index contributed by atoms with van der Waals surface area (Å²) in [5.41, 5.74) is 6.84. The van der Waals surface area contributed by atoms with Gasteiger partial charge in [0.25, 0.3) is 0 Å². The summed E-state index contributed by atoms with van der Waals surface area (Å²) in [6.07, 6.45) is 1.76. The molecule has 5 nitrogen and oxygen atoms in total. The zero-order chi connectivity index (χ0) is 17.3. The lowest BCUT2D eigenvalue weighted by atomic mass is 10.3. The predicted molar refractivity (Wildman–Crippen MR) is 96.7 cm³/mol. The van der Waals surface area contributed by atoms with Gasteiger partial charge >= 0.3 is 0 Å². The Morgan fingerprint density at radius 3 is 2.29 bits per heavy atom. The number of nitrogens with zero attached hydrogens (tertiary/aromatic N) is 2. The van der Waals surface area contributed by atoms with Crippen LogP contribution in [0.2, 0.25) is 5.02 Å². The fourth-order valence-corrected chi connectivity index (χ4v) is 4.80. The molecule has 2 N–H and O–H groups in total. The molecule has 0 unspecified atom stereocenters. The molecular formula is C16H14ClN3O2S2. The first-order chi connectivity index (χ1) is 11.4. The maximum Gasteiger partial charge on any atom is 0.212 e. The van der Waals surface area contributed by atoms with Crippen LogP contribution in [0, 0.1) is 0 Å². The largest absolute Gasteiger partial charge is 0.382 e. The Kier molecular flexibility index (Phi) is 4.58. The van der Waals surface area contributed by atoms with Crippen molar-refractivity contribution >= 4 is 39.0 Å². The van der Waals surface area contributed by atoms with Crippen LogP contribution < -0.4 is 5.73 Å². The molecule has 0 aliphatic rings. The van der Waals surface area contributed by atoms with Gasteiger partial charge in [0.15, 0.2) is 0 Å². The van der Waals surface area contributed by atoms with Gasteiger partial charge in [0, 0.05) is 5.02 Å². The minimum Gasteiger partial charge on any atom is -0.382 e. The number of nitrogens with two attached hydrogens (primary N) is 1. The van der Waals surface area contributed by atoms with Gasteiger partial charge in [-0.15, -0.1) is 11.8 Å². The SMILES string of the molecule is CSc1nn(-c2ccccc2)c(N)c1S(=O)(=O)c1ccc(Cl)cc1. The zero-order valence-electron chi connectivity index (χ0n) is 12.7. The Labute approximate surface area is 149 Å². The molecule has 0 bridgehead atoms. The summed E-state index contributed by atoms with van der Waals surface area (Å²) in [7, 11) is -3.80. The lowest BCUT2D eigenvalue weighted by molar-refractivity contribution is 0.594. The standard InChI is InChI=1S/C16H14ClN3O2S2/c1-23-16-14(24(21,22)13-9-7-11(17)8-10-13)15(18)20(19-16)12-5-3-2-4-6-12/h2-10H,18H2,1H3. The quantitative estimate of drug-likeness (QED) is 0.700. The van der Waals surface area contributed by atoms with E-state index in [2.05, 4.69) is 5.10 Å². The van der Waals surface area contributed by atoms with Gasteiger partial charge in [-0.3, -0.25) is 0 Å². The zero-order valence-corrected chi connectivity index (χ0v) is 15.1. The van der Waals surface area contributed by atoms with Gasteiger partial charge in [-0.05, 0) is 42.7 Å². The maximum atomic E-state index is 13.0. The Hall–Kier alpha value is -1.96. The van der Waals surface area contributed by atoms with Gasteiger partial charge in [-0.2, -0.15) is 5.10 Å². The molecule has 3 rings (SSSR count). The normalized spacial score (nSPS) is 11.6. The van der Waals surface area contributed by atoms with Crippen molar-refractivity contribution < 1.29 is 8.42 Å². The van der Waals surface area contributed by atoms with Crippen molar-refractivity contribution in [3.05, 3.63) is 59.6 Å². The molecule has 1 aromatic heterocycles. The fourth-order valence-electron chi connectivity index (χ4n) is 2.28. The highest BCUT2D eigenvalue weighted by Crippen LogP contribution is 2.35. The molecule has 0 amide bonds. The second kappa shape index (κ2) is 6.51. The number of hydrogen-bond donors (Lipinski definition) is 1. The van der Waals surface area contributed by atoms with Crippen LogP contribution in [0.5, 0.6) is 0 Å². The number of aromatic nitrogens is 2. The summed E-state index contributed by atoms with van der Waals surface area (Å²) in [5.74, 6) is 0.0838. The average molecular weight is 380 g/mol. The van der Waals surface area contributed by atoms with Crippen molar-refractivity contribution in [3.63, 3.8) is 0 Å². The molecule has 124 valence electrons. The molecule has 3 aromatic rings. The highest BCUT2D eigenvalue weighted by atomic mass is 35.5. The molecule has 0 aliphatic heterocycles. The van der Waals surface area contributed by atoms with Crippen LogP contribution in [-0.2, 0) is 9.84 Å². The Morgan fingerprint density at radius 1 is 1.08 bits per heavy atom. The van der Waals surface area contributed by atoms with Crippen molar-refractivity contribution in [2.24, 2.45) is 0 Å². The van der Waals surface area contributed by atoms with Crippen molar-refractivity contribution in [1.29, 1.82) is 0 Å². The topological polar surface area (TPSA) is 78.0 Å². The second-order valence-corrected chi connectivity index (χ2v) is 8.05. The molecule has 0 spiro atoms. The highest BCUT2D eigenvalue weighted by Gasteiger charge is 2.29. The van der Waals surface area contributed by atoms with E-state index in [1.807, 2.05) is 30.3 Å². The number of nitrogen functional groups attached to an aromatic ring is 1. The Morgan fingerprint density at radius 2 is 1.71 bits per heavy atom. The van der Waals surface area contributed by atoms with Crippen LogP contribution in [0.4, 0.5) is 5.82 Å². The number of para-hydroxylation sites is 1. The Bertz CT molecular complexity index is 969. The molecule has 0 radical (unpaired) electrons. The Balaban J connectivity index is 2.21. The molecular weight excluding hydrogens is 366 g/mol. The number of benzene rings is 2. The number of hydrogen-bond acceptors (Lipinski definition) is 5. The van der Waals surface area contributed by atoms with Crippen molar-refractivity contribution in [2.45, 2.75) is 14.8 Å². The van der Waals surface area contributed by atoms with Crippen LogP contribution >= 0.6 is 23.4 Å². The first kappa shape index (κ1) is 16.9. The lowest BCUT2D eigenvalue weighted by Crippen LogP contribution is -2.07. The number of rotatable bonds is 4. The molecule has 1 heterocycles. The molecule has 0 fully saturated rings. The number of anilines is 1. The van der Waals surface area contributed by atoms with Crippen LogP contribution in [0.25, 0.3) is 5.69 Å². The predicted octanol–water partition coefficient (Wildman–Crippen LogP) is 3.66. The average Bonchev–Trinajstić information content (AvgIpc) is 2.93. The van der Waals surface area contributed by atoms with E-state index in [0.29, 0.717) is 15.7 Å². The molecule has 0 atom stereocenters. The third-order valence-electron chi connectivity index (χ3n) is 3.43. The number of thioether (sulfide) groups is 1. The van der Waals surface area contributed by atoms with E-state index in [1.54, 1.807) is 6.26 Å². The first-order valence-electron chi connectivity index (χ1n) is 6.93.